The van der Waals surface area contributed by atoms with Crippen molar-refractivity contribution in [1.82, 2.24) is 4.57 Å². The van der Waals surface area contributed by atoms with Gasteiger partial charge in [0.1, 0.15) is 17.4 Å². The molecule has 1 aliphatic carbocycles. The van der Waals surface area contributed by atoms with Crippen LogP contribution in [-0.2, 0) is 12.5 Å². The first-order chi connectivity index (χ1) is 15.1. The van der Waals surface area contributed by atoms with Gasteiger partial charge in [-0.2, -0.15) is 8.78 Å². The Morgan fingerprint density at radius 2 is 1.94 bits per heavy atom. The fourth-order valence-electron chi connectivity index (χ4n) is 4.68. The Bertz CT molecular complexity index is 1120. The van der Waals surface area contributed by atoms with Crippen LogP contribution in [-0.4, -0.2) is 38.6 Å². The van der Waals surface area contributed by atoms with Gasteiger partial charge in [-0.3, -0.25) is 4.79 Å². The minimum absolute atomic E-state index is 0.0366. The third kappa shape index (κ3) is 3.49. The quantitative estimate of drug-likeness (QED) is 0.625. The van der Waals surface area contributed by atoms with E-state index in [4.69, 9.17) is 4.74 Å². The molecule has 1 fully saturated rings. The average Bonchev–Trinajstić information content (AvgIpc) is 2.69. The van der Waals surface area contributed by atoms with E-state index >= 15 is 8.78 Å². The SMILES string of the molecule is CC(C)[C@H]1n2cc(C(=O)O)c(=O)cc2-c2cc(CO)c(OC3CC(CO)C3)cc2C1(F)F. The van der Waals surface area contributed by atoms with Crippen molar-refractivity contribution in [2.24, 2.45) is 11.8 Å². The number of carbonyl (C=O) groups is 1. The number of aromatic nitrogens is 1. The van der Waals surface area contributed by atoms with E-state index in [2.05, 4.69) is 0 Å². The number of benzene rings is 1. The zero-order valence-electron chi connectivity index (χ0n) is 17.7. The van der Waals surface area contributed by atoms with E-state index in [1.807, 2.05) is 0 Å². The first-order valence-electron chi connectivity index (χ1n) is 10.5. The van der Waals surface area contributed by atoms with Crippen molar-refractivity contribution >= 4 is 5.97 Å². The molecule has 2 aromatic rings. The predicted octanol–water partition coefficient (Wildman–Crippen LogP) is 3.16. The molecule has 0 spiro atoms. The van der Waals surface area contributed by atoms with E-state index in [1.54, 1.807) is 13.8 Å². The zero-order chi connectivity index (χ0) is 23.4. The Balaban J connectivity index is 1.90. The number of aliphatic hydroxyl groups is 2. The van der Waals surface area contributed by atoms with Crippen LogP contribution in [0.1, 0.15) is 54.2 Å². The summed E-state index contributed by atoms with van der Waals surface area (Å²) in [6, 6.07) is 2.25. The number of hydrogen-bond donors (Lipinski definition) is 3. The van der Waals surface area contributed by atoms with Gasteiger partial charge >= 0.3 is 5.97 Å². The summed E-state index contributed by atoms with van der Waals surface area (Å²) in [6.45, 7) is 2.79. The number of carboxylic acid groups (broad SMARTS) is 1. The summed E-state index contributed by atoms with van der Waals surface area (Å²) in [7, 11) is 0. The Labute approximate surface area is 182 Å². The van der Waals surface area contributed by atoms with E-state index in [0.29, 0.717) is 12.8 Å². The molecular formula is C23H25F2NO6. The molecule has 9 heteroatoms. The number of pyridine rings is 1. The molecule has 1 saturated carbocycles. The van der Waals surface area contributed by atoms with Crippen molar-refractivity contribution in [3.05, 3.63) is 51.3 Å². The van der Waals surface area contributed by atoms with Gasteiger partial charge in [0.15, 0.2) is 5.43 Å². The number of halogens is 2. The van der Waals surface area contributed by atoms with Crippen LogP contribution in [0.4, 0.5) is 8.78 Å². The molecule has 0 unspecified atom stereocenters. The van der Waals surface area contributed by atoms with Crippen LogP contribution in [0.3, 0.4) is 0 Å². The smallest absolute Gasteiger partial charge is 0.341 e. The molecule has 3 N–H and O–H groups in total. The number of alkyl halides is 2. The van der Waals surface area contributed by atoms with E-state index in [0.717, 1.165) is 16.8 Å². The summed E-state index contributed by atoms with van der Waals surface area (Å²) in [5.41, 5.74) is -1.17. The fourth-order valence-corrected chi connectivity index (χ4v) is 4.68. The standard InChI is InChI=1S/C23H25F2NO6/c1-11(2)21-23(24,25)17-6-20(32-14-3-12(4-14)9-27)13(10-28)5-15(17)18-7-19(29)16(22(30)31)8-26(18)21/h5-8,11-12,14,21,27-28H,3-4,9-10H2,1-2H3,(H,30,31)/t12?,14?,21-/m1/s1. The van der Waals surface area contributed by atoms with E-state index in [9.17, 15) is 24.9 Å². The van der Waals surface area contributed by atoms with Gasteiger partial charge in [0.25, 0.3) is 5.92 Å². The van der Waals surface area contributed by atoms with Crippen LogP contribution in [0.15, 0.2) is 29.2 Å². The number of rotatable bonds is 6. The highest BCUT2D eigenvalue weighted by Gasteiger charge is 2.50. The minimum Gasteiger partial charge on any atom is -0.490 e. The lowest BCUT2D eigenvalue weighted by molar-refractivity contribution is -0.0773. The van der Waals surface area contributed by atoms with Gasteiger partial charge in [0.2, 0.25) is 0 Å². The number of hydrogen-bond acceptors (Lipinski definition) is 5. The average molecular weight is 449 g/mol. The summed E-state index contributed by atoms with van der Waals surface area (Å²) in [4.78, 5) is 23.8. The summed E-state index contributed by atoms with van der Waals surface area (Å²) < 4.78 is 38.6. The zero-order valence-corrected chi connectivity index (χ0v) is 17.7. The predicted molar refractivity (Wildman–Crippen MR) is 111 cm³/mol. The molecule has 2 heterocycles. The van der Waals surface area contributed by atoms with Gasteiger partial charge in [-0.25, -0.2) is 4.79 Å². The Hall–Kier alpha value is -2.78. The Morgan fingerprint density at radius 3 is 2.50 bits per heavy atom. The van der Waals surface area contributed by atoms with Gasteiger partial charge in [0, 0.05) is 35.6 Å². The molecule has 0 bridgehead atoms. The molecule has 1 aliphatic heterocycles. The lowest BCUT2D eigenvalue weighted by Gasteiger charge is -2.40. The first kappa shape index (κ1) is 22.4. The van der Waals surface area contributed by atoms with Crippen LogP contribution in [0.25, 0.3) is 11.3 Å². The summed E-state index contributed by atoms with van der Waals surface area (Å²) >= 11 is 0. The fraction of sp³-hybridized carbons (Fsp3) is 0.478. The lowest BCUT2D eigenvalue weighted by atomic mass is 9.82. The molecule has 172 valence electrons. The highest BCUT2D eigenvalue weighted by atomic mass is 19.3. The largest absolute Gasteiger partial charge is 0.490 e. The number of nitrogens with zero attached hydrogens (tertiary/aromatic N) is 1. The lowest BCUT2D eigenvalue weighted by Crippen LogP contribution is -2.39. The normalized spacial score (nSPS) is 23.3. The molecule has 7 nitrogen and oxygen atoms in total. The Kier molecular flexibility index (Phi) is 5.58. The number of ether oxygens (including phenoxy) is 1. The van der Waals surface area contributed by atoms with Crippen molar-refractivity contribution in [2.75, 3.05) is 6.61 Å². The number of aliphatic hydroxyl groups excluding tert-OH is 2. The van der Waals surface area contributed by atoms with Crippen LogP contribution >= 0.6 is 0 Å². The topological polar surface area (TPSA) is 109 Å². The molecule has 0 amide bonds. The Morgan fingerprint density at radius 1 is 1.25 bits per heavy atom. The van der Waals surface area contributed by atoms with Crippen molar-refractivity contribution in [3.63, 3.8) is 0 Å². The second-order valence-electron chi connectivity index (χ2n) is 8.88. The maximum Gasteiger partial charge on any atom is 0.341 e. The van der Waals surface area contributed by atoms with Crippen LogP contribution in [0, 0.1) is 11.8 Å². The van der Waals surface area contributed by atoms with Crippen molar-refractivity contribution in [1.29, 1.82) is 0 Å². The molecule has 1 aromatic carbocycles. The van der Waals surface area contributed by atoms with Crippen LogP contribution in [0.5, 0.6) is 5.75 Å². The van der Waals surface area contributed by atoms with Crippen molar-refractivity contribution in [2.45, 2.75) is 51.4 Å². The van der Waals surface area contributed by atoms with E-state index in [1.165, 1.54) is 12.1 Å². The summed E-state index contributed by atoms with van der Waals surface area (Å²) in [5, 5.41) is 28.4. The van der Waals surface area contributed by atoms with Gasteiger partial charge < -0.3 is 24.6 Å². The first-order valence-corrected chi connectivity index (χ1v) is 10.5. The summed E-state index contributed by atoms with van der Waals surface area (Å²) in [6.07, 6.45) is 1.94. The molecule has 2 aliphatic rings. The molecular weight excluding hydrogens is 424 g/mol. The molecule has 0 radical (unpaired) electrons. The second-order valence-corrected chi connectivity index (χ2v) is 8.88. The summed E-state index contributed by atoms with van der Waals surface area (Å²) in [5.74, 6) is -5.19. The van der Waals surface area contributed by atoms with Gasteiger partial charge in [-0.15, -0.1) is 0 Å². The molecule has 0 saturated heterocycles. The maximum absolute atomic E-state index is 15.8. The molecule has 32 heavy (non-hydrogen) atoms. The van der Waals surface area contributed by atoms with Crippen molar-refractivity contribution < 1.29 is 33.6 Å². The highest BCUT2D eigenvalue weighted by Crippen LogP contribution is 2.53. The van der Waals surface area contributed by atoms with Crippen LogP contribution < -0.4 is 10.2 Å². The highest BCUT2D eigenvalue weighted by molar-refractivity contribution is 5.88. The molecule has 1 atom stereocenters. The monoisotopic (exact) mass is 449 g/mol. The van der Waals surface area contributed by atoms with Crippen LogP contribution in [0.2, 0.25) is 0 Å². The second kappa shape index (κ2) is 7.97. The number of fused-ring (bicyclic) bond motifs is 3. The van der Waals surface area contributed by atoms with Gasteiger partial charge in [-0.05, 0) is 36.8 Å². The third-order valence-electron chi connectivity index (χ3n) is 6.36. The van der Waals surface area contributed by atoms with Gasteiger partial charge in [0.05, 0.1) is 18.4 Å². The molecule has 1 aromatic heterocycles. The van der Waals surface area contributed by atoms with Gasteiger partial charge in [-0.1, -0.05) is 13.8 Å². The number of aromatic carboxylic acids is 1. The third-order valence-corrected chi connectivity index (χ3v) is 6.36. The maximum atomic E-state index is 15.8. The van der Waals surface area contributed by atoms with E-state index < -0.39 is 41.5 Å². The van der Waals surface area contributed by atoms with Crippen molar-refractivity contribution in [3.8, 4) is 17.0 Å². The number of carboxylic acids is 1. The van der Waals surface area contributed by atoms with E-state index in [-0.39, 0.29) is 46.8 Å². The molecule has 4 rings (SSSR count). The minimum atomic E-state index is -3.39.